The molecule has 55 heavy (non-hydrogen) atoms. The summed E-state index contributed by atoms with van der Waals surface area (Å²) in [5, 5.41) is 2.06. The molecule has 0 radical (unpaired) electrons. The minimum absolute atomic E-state index is 0.00129. The fourth-order valence-corrected chi connectivity index (χ4v) is 9.21. The largest absolute Gasteiger partial charge is 0.281 e. The van der Waals surface area contributed by atoms with Crippen molar-refractivity contribution in [3.8, 4) is 12.3 Å². The number of hydrogen-bond donors (Lipinski definition) is 0. The highest BCUT2D eigenvalue weighted by Gasteiger charge is 2.49. The van der Waals surface area contributed by atoms with E-state index in [0.29, 0.717) is 40.4 Å². The number of nitrogens with zero attached hydrogens (tertiary/aromatic N) is 4. The fraction of sp³-hybridized carbons (Fsp3) is 0.395. The quantitative estimate of drug-likeness (QED) is 0.193. The lowest BCUT2D eigenvalue weighted by Crippen LogP contribution is -2.65. The van der Waals surface area contributed by atoms with E-state index >= 15 is 0 Å². The van der Waals surface area contributed by atoms with Crippen molar-refractivity contribution in [1.82, 2.24) is 19.8 Å². The third-order valence-corrected chi connectivity index (χ3v) is 12.0. The molecule has 4 aliphatic heterocycles. The number of rotatable bonds is 11. The van der Waals surface area contributed by atoms with E-state index in [4.69, 9.17) is 6.42 Å². The summed E-state index contributed by atoms with van der Waals surface area (Å²) in [5.74, 6) is -2.96. The van der Waals surface area contributed by atoms with Gasteiger partial charge in [-0.25, -0.2) is 0 Å². The first-order valence-corrected chi connectivity index (χ1v) is 19.2. The molecule has 0 saturated heterocycles. The molecule has 0 aromatic heterocycles. The summed E-state index contributed by atoms with van der Waals surface area (Å²) in [7, 11) is 0. The van der Waals surface area contributed by atoms with Gasteiger partial charge in [-0.1, -0.05) is 32.6 Å². The molecule has 0 bridgehead atoms. The monoisotopic (exact) mass is 740 g/mol. The van der Waals surface area contributed by atoms with Crippen LogP contribution in [0, 0.1) is 12.3 Å². The van der Waals surface area contributed by atoms with Crippen molar-refractivity contribution in [3.05, 3.63) is 67.4 Å². The van der Waals surface area contributed by atoms with Gasteiger partial charge in [-0.3, -0.25) is 48.2 Å². The highest BCUT2D eigenvalue weighted by Crippen LogP contribution is 2.33. The third kappa shape index (κ3) is 5.12. The highest BCUT2D eigenvalue weighted by atomic mass is 16.2. The van der Waals surface area contributed by atoms with Crippen LogP contribution >= 0.6 is 0 Å². The molecule has 8 rings (SSSR count). The van der Waals surface area contributed by atoms with Gasteiger partial charge in [-0.2, -0.15) is 10.0 Å². The second-order valence-corrected chi connectivity index (χ2v) is 15.2. The number of hydrazine groups is 1. The predicted octanol–water partition coefficient (Wildman–Crippen LogP) is 1.97. The van der Waals surface area contributed by atoms with Gasteiger partial charge in [0.25, 0.3) is 47.3 Å². The van der Waals surface area contributed by atoms with Crippen LogP contribution in [-0.2, 0) is 19.2 Å². The van der Waals surface area contributed by atoms with Crippen molar-refractivity contribution in [2.45, 2.75) is 110 Å². The predicted molar refractivity (Wildman–Crippen MR) is 199 cm³/mol. The van der Waals surface area contributed by atoms with Gasteiger partial charge in [0.05, 0.1) is 11.1 Å². The number of amides is 8. The second kappa shape index (κ2) is 13.4. The Bertz CT molecular complexity index is 2540. The van der Waals surface area contributed by atoms with E-state index in [2.05, 4.69) is 12.8 Å². The number of terminal acetylenes is 1. The Morgan fingerprint density at radius 3 is 1.22 bits per heavy atom. The average Bonchev–Trinajstić information content (AvgIpc) is 3.17. The smallest absolute Gasteiger partial charge is 0.272 e. The zero-order valence-corrected chi connectivity index (χ0v) is 31.1. The Morgan fingerprint density at radius 1 is 0.509 bits per heavy atom. The molecule has 6 aliphatic rings. The fourth-order valence-electron chi connectivity index (χ4n) is 9.21. The molecule has 2 atom stereocenters. The van der Waals surface area contributed by atoms with Gasteiger partial charge in [0.1, 0.15) is 0 Å². The highest BCUT2D eigenvalue weighted by molar-refractivity contribution is 6.34. The molecular weight excluding hydrogens is 700 g/mol. The summed E-state index contributed by atoms with van der Waals surface area (Å²) in [6.07, 6.45) is 11.9. The Labute approximate surface area is 316 Å². The number of imide groups is 4. The Kier molecular flexibility index (Phi) is 8.79. The maximum absolute atomic E-state index is 14.4. The van der Waals surface area contributed by atoms with Gasteiger partial charge in [0, 0.05) is 72.8 Å². The van der Waals surface area contributed by atoms with Crippen molar-refractivity contribution in [2.24, 2.45) is 0 Å². The van der Waals surface area contributed by atoms with Crippen molar-refractivity contribution in [3.63, 3.8) is 0 Å². The SMILES string of the molecule is C#CCCCCC(C)N1C(=O)C2=c3c(ccc4c3=C(CC2)C(=O)N(N2C(=O)C3=c5c(ccc6c5=C(CC3)C(=O)N(C(C)CCCCC)C6=O)C2=O)C4=O)C1=O. The van der Waals surface area contributed by atoms with Crippen LogP contribution in [0.2, 0.25) is 0 Å². The van der Waals surface area contributed by atoms with Crippen LogP contribution in [0.15, 0.2) is 24.3 Å². The molecule has 2 aromatic carbocycles. The molecule has 8 amide bonds. The number of carbonyl (C=O) groups excluding carboxylic acids is 8. The molecule has 12 nitrogen and oxygen atoms in total. The van der Waals surface area contributed by atoms with Crippen LogP contribution in [0.1, 0.15) is 139 Å². The van der Waals surface area contributed by atoms with Crippen molar-refractivity contribution in [2.75, 3.05) is 0 Å². The number of benzene rings is 2. The van der Waals surface area contributed by atoms with E-state index in [-0.39, 0.29) is 86.0 Å². The number of hydrogen-bond acceptors (Lipinski definition) is 8. The summed E-state index contributed by atoms with van der Waals surface area (Å²) in [4.78, 5) is 115. The van der Waals surface area contributed by atoms with E-state index in [1.165, 1.54) is 34.1 Å². The lowest BCUT2D eigenvalue weighted by atomic mass is 9.82. The number of unbranched alkanes of at least 4 members (excludes halogenated alkanes) is 4. The normalized spacial score (nSPS) is 19.7. The molecule has 2 unspecified atom stereocenters. The molecule has 0 spiro atoms. The molecule has 0 saturated carbocycles. The van der Waals surface area contributed by atoms with E-state index in [9.17, 15) is 38.4 Å². The van der Waals surface area contributed by atoms with Gasteiger partial charge in [-0.05, 0) is 83.1 Å². The lowest BCUT2D eigenvalue weighted by Gasteiger charge is -2.40. The van der Waals surface area contributed by atoms with Gasteiger partial charge in [-0.15, -0.1) is 12.3 Å². The van der Waals surface area contributed by atoms with Crippen molar-refractivity contribution >= 4 is 69.5 Å². The van der Waals surface area contributed by atoms with Crippen LogP contribution < -0.4 is 20.9 Å². The van der Waals surface area contributed by atoms with Crippen LogP contribution in [0.5, 0.6) is 0 Å². The molecule has 0 fully saturated rings. The Hall–Kier alpha value is -5.96. The van der Waals surface area contributed by atoms with Gasteiger partial charge in [0.2, 0.25) is 0 Å². The van der Waals surface area contributed by atoms with Gasteiger partial charge in [0.15, 0.2) is 0 Å². The zero-order valence-electron chi connectivity index (χ0n) is 31.1. The van der Waals surface area contributed by atoms with E-state index in [1.54, 1.807) is 0 Å². The molecule has 12 heteroatoms. The Morgan fingerprint density at radius 2 is 0.855 bits per heavy atom. The topological polar surface area (TPSA) is 150 Å². The van der Waals surface area contributed by atoms with Crippen LogP contribution in [0.4, 0.5) is 0 Å². The van der Waals surface area contributed by atoms with Crippen molar-refractivity contribution in [1.29, 1.82) is 0 Å². The molecule has 2 aromatic rings. The molecule has 0 N–H and O–H groups in total. The lowest BCUT2D eigenvalue weighted by molar-refractivity contribution is -0.146. The van der Waals surface area contributed by atoms with E-state index in [0.717, 1.165) is 32.1 Å². The minimum Gasteiger partial charge on any atom is -0.272 e. The van der Waals surface area contributed by atoms with E-state index < -0.39 is 53.3 Å². The summed E-state index contributed by atoms with van der Waals surface area (Å²) in [5.41, 5.74) is 1.39. The summed E-state index contributed by atoms with van der Waals surface area (Å²) in [6, 6.07) is 5.04. The van der Waals surface area contributed by atoms with Crippen LogP contribution in [-0.4, -0.2) is 79.2 Å². The molecule has 280 valence electrons. The maximum Gasteiger partial charge on any atom is 0.281 e. The second-order valence-electron chi connectivity index (χ2n) is 15.2. The average molecular weight is 741 g/mol. The Balaban J connectivity index is 1.18. The molecule has 2 aliphatic carbocycles. The zero-order chi connectivity index (χ0) is 39.0. The first kappa shape index (κ1) is 36.0. The standard InChI is InChI=1S/C43H40N4O8/c1-5-7-9-11-13-23(4)45-38(50)26-16-20-30-35-31(21-17-27(33(26)35)39(45)51)43(55)47(42(30)54)46-40(52)28-18-14-24-32-25(15-19-29(34(28)32)41(46)53)37(49)44(36(24)48)22(3)12-10-8-6-2/h1,14,16,18,20,22-23H,6-13,15,17,19,21H2,2-4H3. The van der Waals surface area contributed by atoms with Crippen LogP contribution in [0.3, 0.4) is 0 Å². The maximum atomic E-state index is 14.4. The summed E-state index contributed by atoms with van der Waals surface area (Å²) in [6.45, 7) is 5.74. The first-order valence-electron chi connectivity index (χ1n) is 19.2. The van der Waals surface area contributed by atoms with Crippen LogP contribution in [0.25, 0.3) is 22.3 Å². The summed E-state index contributed by atoms with van der Waals surface area (Å²) < 4.78 is 0. The first-order chi connectivity index (χ1) is 26.4. The van der Waals surface area contributed by atoms with Crippen molar-refractivity contribution < 1.29 is 38.4 Å². The minimum atomic E-state index is -0.943. The molecule has 4 heterocycles. The van der Waals surface area contributed by atoms with Gasteiger partial charge >= 0.3 is 0 Å². The third-order valence-electron chi connectivity index (χ3n) is 12.0. The number of carbonyl (C=O) groups is 8. The van der Waals surface area contributed by atoms with Gasteiger partial charge < -0.3 is 0 Å². The molecular formula is C43H40N4O8. The summed E-state index contributed by atoms with van der Waals surface area (Å²) >= 11 is 0. The van der Waals surface area contributed by atoms with E-state index in [1.807, 2.05) is 13.8 Å².